The van der Waals surface area contributed by atoms with Gasteiger partial charge in [0.2, 0.25) is 6.79 Å². The lowest BCUT2D eigenvalue weighted by Gasteiger charge is -2.14. The Morgan fingerprint density at radius 2 is 2.00 bits per heavy atom. The molecule has 2 rings (SSSR count). The van der Waals surface area contributed by atoms with Crippen LogP contribution in [0.5, 0.6) is 11.5 Å². The highest BCUT2D eigenvalue weighted by Crippen LogP contribution is 2.43. The fourth-order valence-electron chi connectivity index (χ4n) is 1.82. The van der Waals surface area contributed by atoms with Gasteiger partial charge < -0.3 is 14.6 Å². The van der Waals surface area contributed by atoms with Crippen molar-refractivity contribution < 1.29 is 14.6 Å². The number of aliphatic hydroxyl groups is 1. The minimum absolute atomic E-state index is 0.0831. The molecule has 0 aromatic heterocycles. The summed E-state index contributed by atoms with van der Waals surface area (Å²) in [5, 5.41) is 9.18. The maximum Gasteiger partial charge on any atom is 0.231 e. The molecule has 0 bridgehead atoms. The van der Waals surface area contributed by atoms with Crippen LogP contribution >= 0.6 is 0 Å². The number of aliphatic hydroxyl groups excluding tert-OH is 1. The van der Waals surface area contributed by atoms with Gasteiger partial charge >= 0.3 is 0 Å². The van der Waals surface area contributed by atoms with E-state index in [1.54, 1.807) is 0 Å². The molecule has 0 aliphatic carbocycles. The lowest BCUT2D eigenvalue weighted by Crippen LogP contribution is -2.02. The molecule has 1 aliphatic heterocycles. The molecule has 1 aromatic carbocycles. The molecule has 1 N–H and O–H groups in total. The predicted molar refractivity (Wildman–Crippen MR) is 57.5 cm³/mol. The number of fused-ring (bicyclic) bond motifs is 1. The molecule has 0 radical (unpaired) electrons. The van der Waals surface area contributed by atoms with Gasteiger partial charge in [-0.3, -0.25) is 0 Å². The van der Waals surface area contributed by atoms with Gasteiger partial charge in [0.05, 0.1) is 0 Å². The van der Waals surface area contributed by atoms with Crippen molar-refractivity contribution in [3.8, 4) is 11.5 Å². The van der Waals surface area contributed by atoms with Gasteiger partial charge in [0.1, 0.15) is 0 Å². The minimum Gasteiger partial charge on any atom is -0.453 e. The summed E-state index contributed by atoms with van der Waals surface area (Å²) in [6.07, 6.45) is 0. The Morgan fingerprint density at radius 1 is 1.33 bits per heavy atom. The first-order valence-corrected chi connectivity index (χ1v) is 5.15. The van der Waals surface area contributed by atoms with Crippen molar-refractivity contribution in [2.45, 2.75) is 26.7 Å². The lowest BCUT2D eigenvalue weighted by atomic mass is 9.95. The van der Waals surface area contributed by atoms with Crippen molar-refractivity contribution in [3.05, 3.63) is 22.8 Å². The largest absolute Gasteiger partial charge is 0.453 e. The van der Waals surface area contributed by atoms with Gasteiger partial charge in [-0.15, -0.1) is 0 Å². The number of aryl methyl sites for hydroxylation is 1. The third-order valence-corrected chi connectivity index (χ3v) is 2.98. The molecule has 3 heteroatoms. The van der Waals surface area contributed by atoms with Crippen LogP contribution in [0, 0.1) is 13.8 Å². The Morgan fingerprint density at radius 3 is 2.67 bits per heavy atom. The molecular weight excluding hydrogens is 192 g/mol. The molecular formula is C12H16O3. The summed E-state index contributed by atoms with van der Waals surface area (Å²) in [6, 6.07) is 2.07. The lowest BCUT2D eigenvalue weighted by molar-refractivity contribution is 0.171. The van der Waals surface area contributed by atoms with Crippen LogP contribution in [0.3, 0.4) is 0 Å². The monoisotopic (exact) mass is 208 g/mol. The summed E-state index contributed by atoms with van der Waals surface area (Å²) in [5.74, 6) is 1.73. The predicted octanol–water partition coefficient (Wildman–Crippen LogP) is 2.13. The summed E-state index contributed by atoms with van der Waals surface area (Å²) < 4.78 is 10.9. The summed E-state index contributed by atoms with van der Waals surface area (Å²) in [5.41, 5.74) is 3.33. The van der Waals surface area contributed by atoms with Crippen molar-refractivity contribution in [2.75, 3.05) is 13.4 Å². The van der Waals surface area contributed by atoms with Crippen LogP contribution in [-0.4, -0.2) is 18.5 Å². The molecule has 0 fully saturated rings. The van der Waals surface area contributed by atoms with Crippen molar-refractivity contribution in [1.82, 2.24) is 0 Å². The van der Waals surface area contributed by atoms with Gasteiger partial charge in [0, 0.05) is 18.1 Å². The molecule has 0 saturated heterocycles. The molecule has 15 heavy (non-hydrogen) atoms. The van der Waals surface area contributed by atoms with Crippen molar-refractivity contribution >= 4 is 0 Å². The highest BCUT2D eigenvalue weighted by Gasteiger charge is 2.24. The molecule has 1 aromatic rings. The van der Waals surface area contributed by atoms with Crippen molar-refractivity contribution in [2.24, 2.45) is 0 Å². The molecule has 0 saturated carbocycles. The van der Waals surface area contributed by atoms with E-state index in [0.717, 1.165) is 22.6 Å². The van der Waals surface area contributed by atoms with Gasteiger partial charge in [0.15, 0.2) is 11.5 Å². The fourth-order valence-corrected chi connectivity index (χ4v) is 1.82. The normalized spacial score (nSPS) is 15.5. The van der Waals surface area contributed by atoms with Crippen LogP contribution in [-0.2, 0) is 0 Å². The molecule has 1 heterocycles. The van der Waals surface area contributed by atoms with E-state index in [-0.39, 0.29) is 19.3 Å². The van der Waals surface area contributed by atoms with E-state index in [1.807, 2.05) is 20.8 Å². The number of hydrogen-bond acceptors (Lipinski definition) is 3. The van der Waals surface area contributed by atoms with Gasteiger partial charge in [-0.25, -0.2) is 0 Å². The molecule has 3 nitrogen and oxygen atoms in total. The van der Waals surface area contributed by atoms with E-state index in [4.69, 9.17) is 9.47 Å². The average molecular weight is 208 g/mol. The zero-order valence-corrected chi connectivity index (χ0v) is 9.33. The molecule has 1 atom stereocenters. The van der Waals surface area contributed by atoms with Gasteiger partial charge in [-0.1, -0.05) is 13.0 Å². The van der Waals surface area contributed by atoms with Crippen LogP contribution in [0.25, 0.3) is 0 Å². The highest BCUT2D eigenvalue weighted by molar-refractivity contribution is 5.57. The number of rotatable bonds is 2. The molecule has 0 amide bonds. The summed E-state index contributed by atoms with van der Waals surface area (Å²) in [6.45, 7) is 6.45. The van der Waals surface area contributed by atoms with Crippen molar-refractivity contribution in [1.29, 1.82) is 0 Å². The average Bonchev–Trinajstić information content (AvgIpc) is 2.71. The van der Waals surface area contributed by atoms with E-state index in [9.17, 15) is 5.11 Å². The van der Waals surface area contributed by atoms with Crippen LogP contribution in [0.2, 0.25) is 0 Å². The van der Waals surface area contributed by atoms with Crippen LogP contribution in [0.15, 0.2) is 6.07 Å². The van der Waals surface area contributed by atoms with E-state index in [2.05, 4.69) is 6.07 Å². The first-order chi connectivity index (χ1) is 7.15. The smallest absolute Gasteiger partial charge is 0.231 e. The van der Waals surface area contributed by atoms with E-state index < -0.39 is 0 Å². The first kappa shape index (κ1) is 10.3. The molecule has 0 spiro atoms. The quantitative estimate of drug-likeness (QED) is 0.809. The van der Waals surface area contributed by atoms with Gasteiger partial charge in [-0.2, -0.15) is 0 Å². The number of ether oxygens (including phenoxy) is 2. The Hall–Kier alpha value is -1.22. The zero-order chi connectivity index (χ0) is 11.0. The van der Waals surface area contributed by atoms with E-state index in [0.29, 0.717) is 0 Å². The molecule has 1 unspecified atom stereocenters. The Balaban J connectivity index is 2.57. The topological polar surface area (TPSA) is 38.7 Å². The van der Waals surface area contributed by atoms with Gasteiger partial charge in [0.25, 0.3) is 0 Å². The second-order valence-electron chi connectivity index (χ2n) is 4.06. The molecule has 1 aliphatic rings. The Kier molecular flexibility index (Phi) is 2.57. The summed E-state index contributed by atoms with van der Waals surface area (Å²) in [7, 11) is 0. The second-order valence-corrected chi connectivity index (χ2v) is 4.06. The standard InChI is InChI=1S/C12H16O3/c1-7-4-10(8(2)5-13)12-11(9(7)3)14-6-15-12/h4,8,13H,5-6H2,1-3H3. The van der Waals surface area contributed by atoms with Crippen LogP contribution in [0.4, 0.5) is 0 Å². The first-order valence-electron chi connectivity index (χ1n) is 5.15. The van der Waals surface area contributed by atoms with E-state index >= 15 is 0 Å². The third-order valence-electron chi connectivity index (χ3n) is 2.98. The Bertz CT molecular complexity index is 385. The van der Waals surface area contributed by atoms with E-state index in [1.165, 1.54) is 5.56 Å². The summed E-state index contributed by atoms with van der Waals surface area (Å²) >= 11 is 0. The molecule has 82 valence electrons. The maximum atomic E-state index is 9.18. The third kappa shape index (κ3) is 1.57. The Labute approximate surface area is 89.6 Å². The second kappa shape index (κ2) is 3.74. The number of benzene rings is 1. The SMILES string of the molecule is Cc1cc(C(C)CO)c2c(c1C)OCO2. The maximum absolute atomic E-state index is 9.18. The summed E-state index contributed by atoms with van der Waals surface area (Å²) in [4.78, 5) is 0. The minimum atomic E-state index is 0.0831. The fraction of sp³-hybridized carbons (Fsp3) is 0.500. The van der Waals surface area contributed by atoms with Crippen LogP contribution in [0.1, 0.15) is 29.5 Å². The zero-order valence-electron chi connectivity index (χ0n) is 9.33. The van der Waals surface area contributed by atoms with Gasteiger partial charge in [-0.05, 0) is 25.0 Å². The van der Waals surface area contributed by atoms with Crippen LogP contribution < -0.4 is 9.47 Å². The number of hydrogen-bond donors (Lipinski definition) is 1. The van der Waals surface area contributed by atoms with Crippen molar-refractivity contribution in [3.63, 3.8) is 0 Å². The highest BCUT2D eigenvalue weighted by atomic mass is 16.7.